The van der Waals surface area contributed by atoms with Crippen molar-refractivity contribution in [2.24, 2.45) is 0 Å². The zero-order valence-electron chi connectivity index (χ0n) is 17.5. The van der Waals surface area contributed by atoms with E-state index in [2.05, 4.69) is 26.7 Å². The van der Waals surface area contributed by atoms with Crippen LogP contribution in [0.3, 0.4) is 0 Å². The Morgan fingerprint density at radius 2 is 1.72 bits per heavy atom. The van der Waals surface area contributed by atoms with Gasteiger partial charge in [-0.1, -0.05) is 41.7 Å². The van der Waals surface area contributed by atoms with Crippen molar-refractivity contribution in [2.45, 2.75) is 18.4 Å². The van der Waals surface area contributed by atoms with E-state index in [0.29, 0.717) is 23.7 Å². The number of sulfonamides is 1. The highest BCUT2D eigenvalue weighted by Crippen LogP contribution is 2.27. The third-order valence-electron chi connectivity index (χ3n) is 5.24. The van der Waals surface area contributed by atoms with Gasteiger partial charge in [-0.15, -0.1) is 0 Å². The molecule has 1 N–H and O–H groups in total. The molecule has 7 nitrogen and oxygen atoms in total. The molecule has 1 amide bonds. The number of carbonyl (C=O) groups is 1. The summed E-state index contributed by atoms with van der Waals surface area (Å²) in [5.74, 6) is -0.669. The maximum atomic E-state index is 13.1. The Morgan fingerprint density at radius 1 is 1.06 bits per heavy atom. The van der Waals surface area contributed by atoms with Crippen LogP contribution in [0.1, 0.15) is 20.9 Å². The number of aryl methyl sites for hydroxylation is 1. The maximum Gasteiger partial charge on any atom is 0.266 e. The predicted octanol–water partition coefficient (Wildman–Crippen LogP) is 3.35. The first-order valence-electron chi connectivity index (χ1n) is 10.1. The fourth-order valence-electron chi connectivity index (χ4n) is 3.52. The minimum absolute atomic E-state index is 0.0748. The lowest BCUT2D eigenvalue weighted by Crippen LogP contribution is -2.48. The fraction of sp³-hybridized carbons (Fsp3) is 0.273. The number of hydrogen-bond acceptors (Lipinski definition) is 6. The van der Waals surface area contributed by atoms with Gasteiger partial charge in [0.2, 0.25) is 0 Å². The van der Waals surface area contributed by atoms with Crippen molar-refractivity contribution in [3.05, 3.63) is 76.5 Å². The van der Waals surface area contributed by atoms with Crippen LogP contribution in [-0.4, -0.2) is 55.3 Å². The van der Waals surface area contributed by atoms with E-state index in [9.17, 15) is 17.6 Å². The van der Waals surface area contributed by atoms with Gasteiger partial charge in [0.05, 0.1) is 10.6 Å². The van der Waals surface area contributed by atoms with Gasteiger partial charge < -0.3 is 4.90 Å². The highest BCUT2D eigenvalue weighted by atomic mass is 32.2. The van der Waals surface area contributed by atoms with Crippen molar-refractivity contribution in [1.82, 2.24) is 14.8 Å². The lowest BCUT2D eigenvalue weighted by Gasteiger charge is -2.34. The minimum atomic E-state index is -3.92. The molecule has 1 saturated heterocycles. The molecule has 0 spiro atoms. The molecule has 1 fully saturated rings. The SMILES string of the molecule is Cc1nc(NS(=O)(=O)c2ccc(F)cc2)sc1C(=O)N1CCN(Cc2ccccc2)CC1. The number of hydrogen-bond donors (Lipinski definition) is 1. The molecule has 3 aromatic rings. The molecule has 1 aromatic heterocycles. The number of carbonyl (C=O) groups excluding carboxylic acids is 1. The second kappa shape index (κ2) is 9.35. The zero-order valence-corrected chi connectivity index (χ0v) is 19.1. The summed E-state index contributed by atoms with van der Waals surface area (Å²) < 4.78 is 40.5. The molecule has 0 atom stereocenters. The average Bonchev–Trinajstić information content (AvgIpc) is 3.14. The van der Waals surface area contributed by atoms with Crippen LogP contribution in [0.4, 0.5) is 9.52 Å². The average molecular weight is 475 g/mol. The van der Waals surface area contributed by atoms with E-state index in [1.54, 1.807) is 11.8 Å². The third kappa shape index (κ3) is 5.14. The van der Waals surface area contributed by atoms with Crippen LogP contribution in [0, 0.1) is 12.7 Å². The zero-order chi connectivity index (χ0) is 22.7. The van der Waals surface area contributed by atoms with Crippen LogP contribution < -0.4 is 4.72 Å². The maximum absolute atomic E-state index is 13.1. The largest absolute Gasteiger partial charge is 0.335 e. The monoisotopic (exact) mass is 474 g/mol. The Morgan fingerprint density at radius 3 is 2.38 bits per heavy atom. The molecule has 2 heterocycles. The van der Waals surface area contributed by atoms with Gasteiger partial charge in [-0.2, -0.15) is 0 Å². The van der Waals surface area contributed by atoms with E-state index < -0.39 is 15.8 Å². The summed E-state index contributed by atoms with van der Waals surface area (Å²) in [6, 6.07) is 14.7. The van der Waals surface area contributed by atoms with Crippen LogP contribution in [0.5, 0.6) is 0 Å². The quantitative estimate of drug-likeness (QED) is 0.593. The Hall–Kier alpha value is -2.82. The van der Waals surface area contributed by atoms with E-state index in [4.69, 9.17) is 0 Å². The third-order valence-corrected chi connectivity index (χ3v) is 7.79. The molecule has 4 rings (SSSR count). The van der Waals surface area contributed by atoms with Crippen LogP contribution in [-0.2, 0) is 16.6 Å². The number of benzene rings is 2. The molecular formula is C22H23FN4O3S2. The van der Waals surface area contributed by atoms with Crippen LogP contribution in [0.2, 0.25) is 0 Å². The molecule has 10 heteroatoms. The van der Waals surface area contributed by atoms with Crippen molar-refractivity contribution < 1.29 is 17.6 Å². The molecule has 0 saturated carbocycles. The number of halogens is 1. The van der Waals surface area contributed by atoms with Crippen molar-refractivity contribution in [1.29, 1.82) is 0 Å². The standard InChI is InChI=1S/C22H23FN4O3S2/c1-16-20(31-22(24-16)25-32(29,30)19-9-7-18(23)8-10-19)21(28)27-13-11-26(12-14-27)15-17-5-3-2-4-6-17/h2-10H,11-15H2,1H3,(H,24,25). The second-order valence-electron chi connectivity index (χ2n) is 7.55. The van der Waals surface area contributed by atoms with Crippen molar-refractivity contribution >= 4 is 32.4 Å². The lowest BCUT2D eigenvalue weighted by atomic mass is 10.2. The molecule has 0 radical (unpaired) electrons. The topological polar surface area (TPSA) is 82.6 Å². The first kappa shape index (κ1) is 22.4. The number of aromatic nitrogens is 1. The fourth-order valence-corrected chi connectivity index (χ4v) is 5.69. The number of piperazine rings is 1. The molecule has 0 unspecified atom stereocenters. The summed E-state index contributed by atoms with van der Waals surface area (Å²) in [5, 5.41) is 0.109. The summed E-state index contributed by atoms with van der Waals surface area (Å²) in [5.41, 5.74) is 1.71. The molecule has 168 valence electrons. The van der Waals surface area contributed by atoms with Gasteiger partial charge >= 0.3 is 0 Å². The molecular weight excluding hydrogens is 451 g/mol. The summed E-state index contributed by atoms with van der Waals surface area (Å²) in [7, 11) is -3.92. The summed E-state index contributed by atoms with van der Waals surface area (Å²) >= 11 is 1.01. The summed E-state index contributed by atoms with van der Waals surface area (Å²) in [4.78, 5) is 21.7. The van der Waals surface area contributed by atoms with Crippen molar-refractivity contribution in [2.75, 3.05) is 30.9 Å². The lowest BCUT2D eigenvalue weighted by molar-refractivity contribution is 0.0632. The van der Waals surface area contributed by atoms with E-state index in [1.807, 2.05) is 18.2 Å². The number of nitrogens with one attached hydrogen (secondary N) is 1. The first-order valence-corrected chi connectivity index (χ1v) is 12.4. The number of rotatable bonds is 6. The van der Waals surface area contributed by atoms with Gasteiger partial charge in [0.15, 0.2) is 5.13 Å². The van der Waals surface area contributed by atoms with E-state index in [1.165, 1.54) is 17.7 Å². The molecule has 0 aliphatic carbocycles. The Labute approximate surface area is 190 Å². The number of anilines is 1. The summed E-state index contributed by atoms with van der Waals surface area (Å²) in [6.45, 7) is 5.26. The van der Waals surface area contributed by atoms with Gasteiger partial charge in [-0.3, -0.25) is 14.4 Å². The molecule has 0 bridgehead atoms. The van der Waals surface area contributed by atoms with Crippen LogP contribution in [0.15, 0.2) is 59.5 Å². The predicted molar refractivity (Wildman–Crippen MR) is 122 cm³/mol. The minimum Gasteiger partial charge on any atom is -0.335 e. The Balaban J connectivity index is 1.39. The van der Waals surface area contributed by atoms with Crippen LogP contribution >= 0.6 is 11.3 Å². The van der Waals surface area contributed by atoms with Gasteiger partial charge in [0.1, 0.15) is 10.7 Å². The number of thiazole rings is 1. The Kier molecular flexibility index (Phi) is 6.54. The van der Waals surface area contributed by atoms with Gasteiger partial charge in [-0.25, -0.2) is 17.8 Å². The molecule has 32 heavy (non-hydrogen) atoms. The highest BCUT2D eigenvalue weighted by Gasteiger charge is 2.26. The summed E-state index contributed by atoms with van der Waals surface area (Å²) in [6.07, 6.45) is 0. The highest BCUT2D eigenvalue weighted by molar-refractivity contribution is 7.93. The van der Waals surface area contributed by atoms with Gasteiger partial charge in [0.25, 0.3) is 15.9 Å². The second-order valence-corrected chi connectivity index (χ2v) is 10.2. The van der Waals surface area contributed by atoms with Crippen LogP contribution in [0.25, 0.3) is 0 Å². The van der Waals surface area contributed by atoms with Gasteiger partial charge in [0, 0.05) is 32.7 Å². The van der Waals surface area contributed by atoms with E-state index >= 15 is 0 Å². The number of amides is 1. The van der Waals surface area contributed by atoms with Crippen molar-refractivity contribution in [3.8, 4) is 0 Å². The molecule has 2 aromatic carbocycles. The smallest absolute Gasteiger partial charge is 0.266 e. The van der Waals surface area contributed by atoms with E-state index in [-0.39, 0.29) is 15.9 Å². The Bertz CT molecular complexity index is 1190. The first-order chi connectivity index (χ1) is 15.3. The van der Waals surface area contributed by atoms with Gasteiger partial charge in [-0.05, 0) is 36.8 Å². The van der Waals surface area contributed by atoms with E-state index in [0.717, 1.165) is 43.1 Å². The molecule has 1 aliphatic rings. The van der Waals surface area contributed by atoms with Crippen molar-refractivity contribution in [3.63, 3.8) is 0 Å². The number of nitrogens with zero attached hydrogens (tertiary/aromatic N) is 3. The molecule has 1 aliphatic heterocycles. The normalized spacial score (nSPS) is 15.0.